The maximum absolute atomic E-state index is 13.2. The molecule has 0 saturated carbocycles. The number of carbonyl (C=O) groups excluding carboxylic acids is 1. The van der Waals surface area contributed by atoms with Crippen LogP contribution in [-0.2, 0) is 23.7 Å². The van der Waals surface area contributed by atoms with Crippen LogP contribution in [0.3, 0.4) is 0 Å². The highest BCUT2D eigenvalue weighted by Crippen LogP contribution is 2.30. The second kappa shape index (κ2) is 45.9. The Balaban J connectivity index is 1.69. The number of ether oxygens (including phenoxy) is 4. The van der Waals surface area contributed by atoms with Gasteiger partial charge in [-0.1, -0.05) is 201 Å². The summed E-state index contributed by atoms with van der Waals surface area (Å²) < 4.78 is 22.7. The van der Waals surface area contributed by atoms with Gasteiger partial charge in [0.2, 0.25) is 5.91 Å². The van der Waals surface area contributed by atoms with Crippen LogP contribution in [0.2, 0.25) is 0 Å². The van der Waals surface area contributed by atoms with E-state index < -0.39 is 86.8 Å². The monoisotopic (exact) mass is 1060 g/mol. The van der Waals surface area contributed by atoms with Crippen molar-refractivity contribution in [2.45, 2.75) is 261 Å². The third-order valence-corrected chi connectivity index (χ3v) is 13.6. The first-order valence-electron chi connectivity index (χ1n) is 29.0. The van der Waals surface area contributed by atoms with E-state index in [1.54, 1.807) is 0 Å². The van der Waals surface area contributed by atoms with Gasteiger partial charge in [0.05, 0.1) is 32.0 Å². The second-order valence-corrected chi connectivity index (χ2v) is 20.0. The second-order valence-electron chi connectivity index (χ2n) is 20.0. The number of rotatable bonds is 44. The van der Waals surface area contributed by atoms with Gasteiger partial charge in [-0.3, -0.25) is 4.79 Å². The van der Waals surface area contributed by atoms with Crippen LogP contribution in [0.5, 0.6) is 0 Å². The molecule has 0 aromatic carbocycles. The number of nitrogens with one attached hydrogen (secondary N) is 1. The summed E-state index contributed by atoms with van der Waals surface area (Å²) in [7, 11) is 0. The van der Waals surface area contributed by atoms with E-state index in [2.05, 4.69) is 116 Å². The average Bonchev–Trinajstić information content (AvgIpc) is 3.41. The molecule has 1 amide bonds. The number of aliphatic hydroxyl groups excluding tert-OH is 8. The Morgan fingerprint density at radius 3 is 1.41 bits per heavy atom. The molecule has 75 heavy (non-hydrogen) atoms. The van der Waals surface area contributed by atoms with Gasteiger partial charge in [0.25, 0.3) is 0 Å². The van der Waals surface area contributed by atoms with E-state index in [0.29, 0.717) is 12.8 Å². The number of amides is 1. The Labute approximate surface area is 452 Å². The van der Waals surface area contributed by atoms with Crippen molar-refractivity contribution in [3.05, 3.63) is 97.2 Å². The Morgan fingerprint density at radius 1 is 0.493 bits per heavy atom. The summed E-state index contributed by atoms with van der Waals surface area (Å²) in [6.07, 6.45) is 45.6. The zero-order valence-corrected chi connectivity index (χ0v) is 46.0. The molecule has 430 valence electrons. The van der Waals surface area contributed by atoms with Crippen LogP contribution in [0.15, 0.2) is 97.2 Å². The van der Waals surface area contributed by atoms with Crippen molar-refractivity contribution < 1.29 is 64.6 Å². The van der Waals surface area contributed by atoms with Crippen molar-refractivity contribution in [3.63, 3.8) is 0 Å². The van der Waals surface area contributed by atoms with Gasteiger partial charge in [0, 0.05) is 6.42 Å². The van der Waals surface area contributed by atoms with E-state index in [0.717, 1.165) is 116 Å². The van der Waals surface area contributed by atoms with E-state index >= 15 is 0 Å². The molecule has 2 heterocycles. The van der Waals surface area contributed by atoms with Gasteiger partial charge in [-0.2, -0.15) is 0 Å². The van der Waals surface area contributed by atoms with Crippen molar-refractivity contribution in [3.8, 4) is 0 Å². The molecule has 2 fully saturated rings. The van der Waals surface area contributed by atoms with E-state index in [1.165, 1.54) is 38.5 Å². The summed E-state index contributed by atoms with van der Waals surface area (Å²) in [6, 6.07) is -0.842. The van der Waals surface area contributed by atoms with Crippen LogP contribution in [0.25, 0.3) is 0 Å². The quantitative estimate of drug-likeness (QED) is 0.0205. The van der Waals surface area contributed by atoms with E-state index in [4.69, 9.17) is 18.9 Å². The van der Waals surface area contributed by atoms with Crippen LogP contribution in [0.4, 0.5) is 0 Å². The van der Waals surface area contributed by atoms with Crippen molar-refractivity contribution in [1.82, 2.24) is 5.32 Å². The molecule has 2 aliphatic rings. The molecular formula is C61H103NO13. The van der Waals surface area contributed by atoms with Gasteiger partial charge in [-0.25, -0.2) is 0 Å². The number of unbranched alkanes of at least 4 members (excludes halogenated alkanes) is 15. The summed E-state index contributed by atoms with van der Waals surface area (Å²) in [5.74, 6) is -0.228. The molecule has 2 rings (SSSR count). The summed E-state index contributed by atoms with van der Waals surface area (Å²) in [4.78, 5) is 13.2. The summed E-state index contributed by atoms with van der Waals surface area (Å²) in [5, 5.41) is 87.0. The van der Waals surface area contributed by atoms with E-state index in [1.807, 2.05) is 0 Å². The van der Waals surface area contributed by atoms with Crippen LogP contribution in [0.1, 0.15) is 187 Å². The number of hydrogen-bond acceptors (Lipinski definition) is 13. The molecule has 12 atom stereocenters. The third kappa shape index (κ3) is 31.8. The van der Waals surface area contributed by atoms with E-state index in [9.17, 15) is 45.6 Å². The lowest BCUT2D eigenvalue weighted by Crippen LogP contribution is -2.65. The predicted octanol–water partition coefficient (Wildman–Crippen LogP) is 9.49. The maximum Gasteiger partial charge on any atom is 0.220 e. The van der Waals surface area contributed by atoms with Crippen LogP contribution >= 0.6 is 0 Å². The van der Waals surface area contributed by atoms with Gasteiger partial charge in [0.1, 0.15) is 48.8 Å². The van der Waals surface area contributed by atoms with Crippen molar-refractivity contribution in [2.75, 3.05) is 19.8 Å². The van der Waals surface area contributed by atoms with Crippen LogP contribution in [-0.4, -0.2) is 140 Å². The minimum atomic E-state index is -1.79. The first-order valence-corrected chi connectivity index (χ1v) is 29.0. The summed E-state index contributed by atoms with van der Waals surface area (Å²) in [6.45, 7) is 2.69. The smallest absolute Gasteiger partial charge is 0.220 e. The molecule has 0 aliphatic carbocycles. The Kier molecular flexibility index (Phi) is 41.6. The number of carbonyl (C=O) groups is 1. The highest BCUT2D eigenvalue weighted by molar-refractivity contribution is 5.76. The summed E-state index contributed by atoms with van der Waals surface area (Å²) >= 11 is 0. The first kappa shape index (κ1) is 68.0. The van der Waals surface area contributed by atoms with E-state index in [-0.39, 0.29) is 18.9 Å². The van der Waals surface area contributed by atoms with Gasteiger partial charge < -0.3 is 65.1 Å². The highest BCUT2D eigenvalue weighted by atomic mass is 16.7. The molecule has 9 N–H and O–H groups in total. The van der Waals surface area contributed by atoms with Gasteiger partial charge >= 0.3 is 0 Å². The van der Waals surface area contributed by atoms with Crippen LogP contribution < -0.4 is 5.32 Å². The number of hydrogen-bond donors (Lipinski definition) is 9. The Hall–Kier alpha value is -3.09. The SMILES string of the molecule is CC/C=C\C/C=C\C/C=C\C/C=C\C/C=C\C/C=C\C/C=C\C/C=C\CCCCCCCCC(=O)NC(COC1OC(CO)C(OC2OC(CO)C(O)C(O)C2O)C(O)C1O)C(O)CCCCCCCCCCCC. The fourth-order valence-corrected chi connectivity index (χ4v) is 8.90. The molecule has 0 aromatic heterocycles. The zero-order valence-electron chi connectivity index (χ0n) is 46.0. The lowest BCUT2D eigenvalue weighted by atomic mass is 9.97. The van der Waals surface area contributed by atoms with Crippen molar-refractivity contribution in [1.29, 1.82) is 0 Å². The highest BCUT2D eigenvalue weighted by Gasteiger charge is 2.51. The fraction of sp³-hybridized carbons (Fsp3) is 0.721. The fourth-order valence-electron chi connectivity index (χ4n) is 8.90. The standard InChI is InChI=1S/C61H103NO13/c1-3-5-7-9-11-13-15-16-17-18-19-20-21-22-23-24-25-26-27-28-29-30-31-32-33-34-35-37-39-41-43-45-53(66)62-49(50(65)44-42-40-38-36-14-12-10-8-6-4-2)48-72-60-58(71)56(69)59(52(47-64)74-60)75-61-57(70)55(68)54(67)51(46-63)73-61/h5,7,11,13,16-17,19-20,22-23,25-26,28-29,31-32,49-52,54-61,63-65,67-71H,3-4,6,8-10,12,14-15,18,21,24,27,30,33-48H2,1-2H3,(H,62,66)/b7-5-,13-11-,17-16-,20-19-,23-22-,26-25-,29-28-,32-31-. The number of aliphatic hydroxyl groups is 8. The molecule has 0 spiro atoms. The minimum absolute atomic E-state index is 0.228. The van der Waals surface area contributed by atoms with Gasteiger partial charge in [0.15, 0.2) is 12.6 Å². The van der Waals surface area contributed by atoms with Gasteiger partial charge in [-0.05, 0) is 77.0 Å². The molecule has 0 radical (unpaired) electrons. The normalized spacial score (nSPS) is 25.8. The average molecular weight is 1060 g/mol. The lowest BCUT2D eigenvalue weighted by Gasteiger charge is -2.46. The molecule has 12 unspecified atom stereocenters. The Morgan fingerprint density at radius 2 is 0.920 bits per heavy atom. The maximum atomic E-state index is 13.2. The van der Waals surface area contributed by atoms with Crippen molar-refractivity contribution >= 4 is 5.91 Å². The van der Waals surface area contributed by atoms with Gasteiger partial charge in [-0.15, -0.1) is 0 Å². The largest absolute Gasteiger partial charge is 0.394 e. The summed E-state index contributed by atoms with van der Waals surface area (Å²) in [5.41, 5.74) is 0. The first-order chi connectivity index (χ1) is 36.6. The predicted molar refractivity (Wildman–Crippen MR) is 299 cm³/mol. The molecule has 14 heteroatoms. The zero-order chi connectivity index (χ0) is 54.6. The molecule has 2 aliphatic heterocycles. The molecule has 2 saturated heterocycles. The topological polar surface area (TPSA) is 228 Å². The molecular weight excluding hydrogens is 955 g/mol. The lowest BCUT2D eigenvalue weighted by molar-refractivity contribution is -0.359. The minimum Gasteiger partial charge on any atom is -0.394 e. The molecule has 0 bridgehead atoms. The molecule has 14 nitrogen and oxygen atoms in total. The molecule has 0 aromatic rings. The number of allylic oxidation sites excluding steroid dienone is 16. The van der Waals surface area contributed by atoms with Crippen LogP contribution in [0, 0.1) is 0 Å². The van der Waals surface area contributed by atoms with Crippen molar-refractivity contribution in [2.24, 2.45) is 0 Å². The third-order valence-electron chi connectivity index (χ3n) is 13.6. The Bertz CT molecular complexity index is 1620.